The number of amides is 2. The number of carbonyl (C=O) groups excluding carboxylic acids is 2. The van der Waals surface area contributed by atoms with Gasteiger partial charge in [0.1, 0.15) is 6.04 Å². The summed E-state index contributed by atoms with van der Waals surface area (Å²) in [7, 11) is 0. The first kappa shape index (κ1) is 16.0. The molecule has 21 heavy (non-hydrogen) atoms. The lowest BCUT2D eigenvalue weighted by Gasteiger charge is -2.29. The zero-order valence-corrected chi connectivity index (χ0v) is 13.4. The summed E-state index contributed by atoms with van der Waals surface area (Å²) in [4.78, 5) is 29.9. The highest BCUT2D eigenvalue weighted by molar-refractivity contribution is 7.11. The van der Waals surface area contributed by atoms with E-state index in [0.717, 1.165) is 11.3 Å². The van der Waals surface area contributed by atoms with Crippen LogP contribution in [-0.2, 0) is 16.1 Å². The Hall–Kier alpha value is -1.40. The van der Waals surface area contributed by atoms with Gasteiger partial charge in [-0.1, -0.05) is 0 Å². The lowest BCUT2D eigenvalue weighted by Crippen LogP contribution is -2.48. The molecule has 1 aliphatic heterocycles. The Labute approximate surface area is 129 Å². The van der Waals surface area contributed by atoms with Crippen LogP contribution in [0.4, 0.5) is 0 Å². The third-order valence-electron chi connectivity index (χ3n) is 3.76. The quantitative estimate of drug-likeness (QED) is 0.864. The van der Waals surface area contributed by atoms with Crippen LogP contribution in [0.3, 0.4) is 0 Å². The molecule has 1 fully saturated rings. The maximum absolute atomic E-state index is 12.6. The monoisotopic (exact) mass is 310 g/mol. The first-order chi connectivity index (χ1) is 10.0. The highest BCUT2D eigenvalue weighted by Gasteiger charge is 2.32. The van der Waals surface area contributed by atoms with Crippen molar-refractivity contribution in [3.8, 4) is 0 Å². The van der Waals surface area contributed by atoms with E-state index in [-0.39, 0.29) is 18.4 Å². The molecule has 0 radical (unpaired) electrons. The van der Waals surface area contributed by atoms with Crippen molar-refractivity contribution in [3.05, 3.63) is 21.9 Å². The van der Waals surface area contributed by atoms with Crippen LogP contribution in [0.2, 0.25) is 0 Å². The van der Waals surface area contributed by atoms with Gasteiger partial charge >= 0.3 is 0 Å². The van der Waals surface area contributed by atoms with Crippen LogP contribution < -0.4 is 0 Å². The molecule has 5 nitrogen and oxygen atoms in total. The number of hydrogen-bond acceptors (Lipinski definition) is 4. The van der Waals surface area contributed by atoms with Gasteiger partial charge in [-0.2, -0.15) is 0 Å². The zero-order valence-electron chi connectivity index (χ0n) is 12.5. The lowest BCUT2D eigenvalue weighted by molar-refractivity contribution is -0.143. The summed E-state index contributed by atoms with van der Waals surface area (Å²) >= 11 is 1.65. The van der Waals surface area contributed by atoms with E-state index in [1.807, 2.05) is 19.1 Å². The minimum absolute atomic E-state index is 0.0479. The van der Waals surface area contributed by atoms with E-state index in [2.05, 4.69) is 0 Å². The number of rotatable bonds is 6. The normalized spacial score (nSPS) is 16.3. The van der Waals surface area contributed by atoms with Crippen LogP contribution in [0, 0.1) is 6.92 Å². The molecule has 1 N–H and O–H groups in total. The number of nitrogens with zero attached hydrogens (tertiary/aromatic N) is 2. The van der Waals surface area contributed by atoms with Crippen LogP contribution in [0.25, 0.3) is 0 Å². The lowest BCUT2D eigenvalue weighted by atomic mass is 10.2. The second kappa shape index (κ2) is 7.04. The molecule has 0 saturated carbocycles. The fourth-order valence-electron chi connectivity index (χ4n) is 2.62. The van der Waals surface area contributed by atoms with Crippen molar-refractivity contribution in [2.24, 2.45) is 0 Å². The van der Waals surface area contributed by atoms with Crippen LogP contribution in [0.5, 0.6) is 0 Å². The molecule has 0 aliphatic carbocycles. The maximum Gasteiger partial charge on any atom is 0.245 e. The van der Waals surface area contributed by atoms with Crippen molar-refractivity contribution in [1.29, 1.82) is 0 Å². The molecule has 0 bridgehead atoms. The molecule has 0 aromatic carbocycles. The minimum Gasteiger partial charge on any atom is -0.395 e. The van der Waals surface area contributed by atoms with E-state index in [4.69, 9.17) is 0 Å². The number of likely N-dealkylation sites (tertiary alicyclic amines) is 1. The van der Waals surface area contributed by atoms with Crippen LogP contribution in [0.1, 0.15) is 29.5 Å². The van der Waals surface area contributed by atoms with Crippen LogP contribution >= 0.6 is 11.3 Å². The van der Waals surface area contributed by atoms with Gasteiger partial charge in [0.2, 0.25) is 11.8 Å². The summed E-state index contributed by atoms with van der Waals surface area (Å²) in [6.45, 7) is 5.16. The highest BCUT2D eigenvalue weighted by atomic mass is 32.1. The molecule has 2 rings (SSSR count). The Kier molecular flexibility index (Phi) is 5.36. The second-order valence-corrected chi connectivity index (χ2v) is 6.73. The minimum atomic E-state index is -0.451. The third kappa shape index (κ3) is 3.83. The Balaban J connectivity index is 2.05. The van der Waals surface area contributed by atoms with Crippen molar-refractivity contribution in [3.63, 3.8) is 0 Å². The van der Waals surface area contributed by atoms with Gasteiger partial charge in [0, 0.05) is 29.3 Å². The Bertz CT molecular complexity index is 515. The largest absolute Gasteiger partial charge is 0.395 e. The van der Waals surface area contributed by atoms with E-state index >= 15 is 0 Å². The van der Waals surface area contributed by atoms with E-state index in [0.29, 0.717) is 26.1 Å². The number of aliphatic hydroxyl groups is 1. The van der Waals surface area contributed by atoms with Crippen LogP contribution in [0.15, 0.2) is 12.1 Å². The van der Waals surface area contributed by atoms with Gasteiger partial charge in [-0.15, -0.1) is 11.3 Å². The van der Waals surface area contributed by atoms with Crippen molar-refractivity contribution in [2.75, 3.05) is 19.7 Å². The molecule has 0 spiro atoms. The van der Waals surface area contributed by atoms with Crippen molar-refractivity contribution in [1.82, 2.24) is 9.80 Å². The van der Waals surface area contributed by atoms with Crippen molar-refractivity contribution < 1.29 is 14.7 Å². The fraction of sp³-hybridized carbons (Fsp3) is 0.600. The molecule has 1 atom stereocenters. The molecule has 1 saturated heterocycles. The number of aliphatic hydroxyl groups excluding tert-OH is 1. The number of hydrogen-bond donors (Lipinski definition) is 1. The summed E-state index contributed by atoms with van der Waals surface area (Å²) in [6.07, 6.45) is 1.35. The molecular formula is C15H22N2O3S. The fourth-order valence-corrected chi connectivity index (χ4v) is 3.53. The first-order valence-electron chi connectivity index (χ1n) is 7.27. The summed E-state index contributed by atoms with van der Waals surface area (Å²) in [5, 5.41) is 9.20. The summed E-state index contributed by atoms with van der Waals surface area (Å²) in [5.41, 5.74) is 0. The third-order valence-corrected chi connectivity index (χ3v) is 4.74. The van der Waals surface area contributed by atoms with E-state index < -0.39 is 6.04 Å². The second-order valence-electron chi connectivity index (χ2n) is 5.36. The van der Waals surface area contributed by atoms with Crippen molar-refractivity contribution >= 4 is 23.2 Å². The zero-order chi connectivity index (χ0) is 15.4. The molecular weight excluding hydrogens is 288 g/mol. The van der Waals surface area contributed by atoms with E-state index in [1.54, 1.807) is 28.1 Å². The smallest absolute Gasteiger partial charge is 0.245 e. The number of thiophene rings is 1. The maximum atomic E-state index is 12.6. The average molecular weight is 310 g/mol. The Morgan fingerprint density at radius 2 is 2.29 bits per heavy atom. The number of carbonyl (C=O) groups is 2. The van der Waals surface area contributed by atoms with Gasteiger partial charge in [-0.05, 0) is 32.4 Å². The van der Waals surface area contributed by atoms with Gasteiger partial charge in [0.15, 0.2) is 0 Å². The predicted octanol–water partition coefficient (Wildman–Crippen LogP) is 1.39. The van der Waals surface area contributed by atoms with Crippen molar-refractivity contribution in [2.45, 2.75) is 39.3 Å². The Morgan fingerprint density at radius 1 is 1.52 bits per heavy atom. The van der Waals surface area contributed by atoms with Gasteiger partial charge in [-0.25, -0.2) is 0 Å². The first-order valence-corrected chi connectivity index (χ1v) is 8.09. The standard InChI is InChI=1S/C15H22N2O3S/c1-11-5-6-13(21-11)10-16(8-9-18)15(20)12(2)17-7-3-4-14(17)19/h5-6,12,18H,3-4,7-10H2,1-2H3/t12-/m0/s1. The molecule has 6 heteroatoms. The SMILES string of the molecule is Cc1ccc(CN(CCO)C(=O)[C@H](C)N2CCCC2=O)s1. The molecule has 1 aromatic rings. The molecule has 116 valence electrons. The molecule has 0 unspecified atom stereocenters. The van der Waals surface area contributed by atoms with Gasteiger partial charge < -0.3 is 14.9 Å². The average Bonchev–Trinajstić information content (AvgIpc) is 3.05. The van der Waals surface area contributed by atoms with Gasteiger partial charge in [0.25, 0.3) is 0 Å². The number of aryl methyl sites for hydroxylation is 1. The molecule has 1 aromatic heterocycles. The summed E-state index contributed by atoms with van der Waals surface area (Å²) in [6, 6.07) is 3.57. The van der Waals surface area contributed by atoms with E-state index in [9.17, 15) is 14.7 Å². The molecule has 2 amide bonds. The van der Waals surface area contributed by atoms with Gasteiger partial charge in [-0.3, -0.25) is 9.59 Å². The predicted molar refractivity (Wildman–Crippen MR) is 82.0 cm³/mol. The topological polar surface area (TPSA) is 60.9 Å². The summed E-state index contributed by atoms with van der Waals surface area (Å²) in [5.74, 6) is -0.0443. The molecule has 1 aliphatic rings. The summed E-state index contributed by atoms with van der Waals surface area (Å²) < 4.78 is 0. The Morgan fingerprint density at radius 3 is 2.81 bits per heavy atom. The molecule has 2 heterocycles. The van der Waals surface area contributed by atoms with Crippen LogP contribution in [-0.4, -0.2) is 52.5 Å². The van der Waals surface area contributed by atoms with Gasteiger partial charge in [0.05, 0.1) is 13.2 Å². The highest BCUT2D eigenvalue weighted by Crippen LogP contribution is 2.19. The van der Waals surface area contributed by atoms with E-state index in [1.165, 1.54) is 4.88 Å².